The maximum Gasteiger partial charge on any atom is 0.122 e. The standard InChI is InChI=1S/C9H12O2.C7H10N2.C7H8S.C3H6O.2C2H6/c1-7-6-8(10-2)4-5-9(7)11-3;1-6-5-7(8-2)3-4-9-6;1-8-7-5-3-2-4-6-7;1-2-3-4;2*1-2/h4-6H,1-3H3;3-5H,1-2H3,(H,8,9);2-6H,1H3;3H,2H2,1H3;2*1-2H3. The van der Waals surface area contributed by atoms with Crippen molar-refractivity contribution >= 4 is 23.7 Å². The summed E-state index contributed by atoms with van der Waals surface area (Å²) in [4.78, 5) is 14.5. The van der Waals surface area contributed by atoms with Crippen molar-refractivity contribution in [1.29, 1.82) is 0 Å². The zero-order valence-electron chi connectivity index (χ0n) is 24.2. The van der Waals surface area contributed by atoms with Gasteiger partial charge in [-0.25, -0.2) is 0 Å². The Hall–Kier alpha value is -2.99. The predicted molar refractivity (Wildman–Crippen MR) is 160 cm³/mol. The Morgan fingerprint density at radius 2 is 1.50 bits per heavy atom. The third-order valence-electron chi connectivity index (χ3n) is 3.93. The molecule has 1 heterocycles. The van der Waals surface area contributed by atoms with E-state index in [1.54, 1.807) is 32.2 Å². The molecule has 1 aromatic heterocycles. The Balaban J connectivity index is -0.000000400. The second kappa shape index (κ2) is 28.2. The first-order valence-corrected chi connectivity index (χ1v) is 13.5. The average molecular weight is 517 g/mol. The number of anilines is 1. The van der Waals surface area contributed by atoms with Crippen LogP contribution in [0.2, 0.25) is 0 Å². The molecule has 2 aromatic carbocycles. The largest absolute Gasteiger partial charge is 0.497 e. The fourth-order valence-corrected chi connectivity index (χ4v) is 2.66. The van der Waals surface area contributed by atoms with Gasteiger partial charge in [0.2, 0.25) is 0 Å². The highest BCUT2D eigenvalue weighted by atomic mass is 32.2. The first-order chi connectivity index (χ1) is 17.4. The monoisotopic (exact) mass is 516 g/mol. The number of thioether (sulfide) groups is 1. The Kier molecular flexibility index (Phi) is 29.5. The van der Waals surface area contributed by atoms with Gasteiger partial charge in [-0.05, 0) is 68.1 Å². The van der Waals surface area contributed by atoms with E-state index >= 15 is 0 Å². The molecule has 0 saturated heterocycles. The van der Waals surface area contributed by atoms with Crippen LogP contribution >= 0.6 is 11.8 Å². The van der Waals surface area contributed by atoms with Gasteiger partial charge in [0.25, 0.3) is 0 Å². The molecule has 0 spiro atoms. The topological polar surface area (TPSA) is 60.5 Å². The van der Waals surface area contributed by atoms with Crippen molar-refractivity contribution in [3.63, 3.8) is 0 Å². The van der Waals surface area contributed by atoms with Gasteiger partial charge in [-0.15, -0.1) is 11.8 Å². The summed E-state index contributed by atoms with van der Waals surface area (Å²) in [7, 11) is 5.21. The molecule has 0 amide bonds. The van der Waals surface area contributed by atoms with Gasteiger partial charge in [-0.3, -0.25) is 4.98 Å². The summed E-state index contributed by atoms with van der Waals surface area (Å²) in [6, 6.07) is 20.0. The van der Waals surface area contributed by atoms with Crippen LogP contribution < -0.4 is 14.8 Å². The Morgan fingerprint density at radius 1 is 0.917 bits per heavy atom. The van der Waals surface area contributed by atoms with Crippen LogP contribution in [0.15, 0.2) is 71.8 Å². The molecule has 3 aromatic rings. The first-order valence-electron chi connectivity index (χ1n) is 12.3. The van der Waals surface area contributed by atoms with Gasteiger partial charge in [-0.2, -0.15) is 0 Å². The highest BCUT2D eigenvalue weighted by Gasteiger charge is 1.98. The van der Waals surface area contributed by atoms with Crippen molar-refractivity contribution in [3.05, 3.63) is 78.1 Å². The maximum atomic E-state index is 9.17. The van der Waals surface area contributed by atoms with Crippen LogP contribution in [0.25, 0.3) is 0 Å². The first kappa shape index (κ1) is 37.6. The molecule has 0 aliphatic rings. The number of methoxy groups -OCH3 is 2. The number of aryl methyl sites for hydroxylation is 2. The molecule has 0 bridgehead atoms. The lowest BCUT2D eigenvalue weighted by atomic mass is 10.2. The molecule has 0 atom stereocenters. The lowest BCUT2D eigenvalue weighted by molar-refractivity contribution is -0.107. The number of benzene rings is 2. The minimum atomic E-state index is 0.639. The minimum absolute atomic E-state index is 0.639. The van der Waals surface area contributed by atoms with E-state index in [0.29, 0.717) is 6.42 Å². The van der Waals surface area contributed by atoms with E-state index in [9.17, 15) is 4.79 Å². The van der Waals surface area contributed by atoms with Crippen LogP contribution in [0.4, 0.5) is 5.69 Å². The quantitative estimate of drug-likeness (QED) is 0.271. The van der Waals surface area contributed by atoms with Gasteiger partial charge in [0.05, 0.1) is 14.2 Å². The van der Waals surface area contributed by atoms with Crippen molar-refractivity contribution in [2.24, 2.45) is 0 Å². The van der Waals surface area contributed by atoms with Crippen molar-refractivity contribution < 1.29 is 14.3 Å². The van der Waals surface area contributed by atoms with Crippen LogP contribution in [0, 0.1) is 13.8 Å². The van der Waals surface area contributed by atoms with Gasteiger partial charge in [0, 0.05) is 35.9 Å². The molecule has 0 aliphatic heterocycles. The average Bonchev–Trinajstić information content (AvgIpc) is 2.96. The van der Waals surface area contributed by atoms with Crippen molar-refractivity contribution in [2.45, 2.75) is 59.8 Å². The number of rotatable bonds is 5. The normalized spacial score (nSPS) is 8.19. The number of hydrogen-bond donors (Lipinski definition) is 1. The van der Waals surface area contributed by atoms with Crippen molar-refractivity contribution in [2.75, 3.05) is 32.8 Å². The maximum absolute atomic E-state index is 9.17. The van der Waals surface area contributed by atoms with Crippen LogP contribution in [-0.4, -0.2) is 38.8 Å². The number of aldehydes is 1. The molecular weight excluding hydrogens is 468 g/mol. The van der Waals surface area contributed by atoms with E-state index in [2.05, 4.69) is 28.7 Å². The molecule has 0 aliphatic carbocycles. The number of aromatic nitrogens is 1. The number of ether oxygens (including phenoxy) is 2. The van der Waals surface area contributed by atoms with E-state index in [0.717, 1.165) is 34.7 Å². The predicted octanol–water partition coefficient (Wildman–Crippen LogP) is 8.50. The number of nitrogens with one attached hydrogen (secondary N) is 1. The van der Waals surface area contributed by atoms with Crippen LogP contribution in [-0.2, 0) is 4.79 Å². The fraction of sp³-hybridized carbons (Fsp3) is 0.400. The summed E-state index contributed by atoms with van der Waals surface area (Å²) in [5, 5.41) is 3.03. The number of carbonyl (C=O) groups excluding carboxylic acids is 1. The third-order valence-corrected chi connectivity index (χ3v) is 4.68. The molecule has 1 N–H and O–H groups in total. The molecular formula is C30H48N2O3S. The van der Waals surface area contributed by atoms with Crippen LogP contribution in [0.3, 0.4) is 0 Å². The Bertz CT molecular complexity index is 875. The molecule has 36 heavy (non-hydrogen) atoms. The lowest BCUT2D eigenvalue weighted by Crippen LogP contribution is -1.88. The second-order valence-electron chi connectivity index (χ2n) is 6.36. The summed E-state index contributed by atoms with van der Waals surface area (Å²) in [6.45, 7) is 13.8. The molecule has 0 radical (unpaired) electrons. The van der Waals surface area contributed by atoms with Crippen molar-refractivity contribution in [1.82, 2.24) is 4.98 Å². The number of pyridine rings is 1. The van der Waals surface area contributed by atoms with Gasteiger partial charge in [0.1, 0.15) is 17.8 Å². The van der Waals surface area contributed by atoms with Gasteiger partial charge in [-0.1, -0.05) is 52.8 Å². The van der Waals surface area contributed by atoms with Crippen LogP contribution in [0.5, 0.6) is 11.5 Å². The second-order valence-corrected chi connectivity index (χ2v) is 7.24. The summed E-state index contributed by atoms with van der Waals surface area (Å²) in [6.07, 6.45) is 5.39. The highest BCUT2D eigenvalue weighted by molar-refractivity contribution is 7.98. The van der Waals surface area contributed by atoms with E-state index in [1.165, 1.54) is 4.90 Å². The van der Waals surface area contributed by atoms with Crippen LogP contribution in [0.1, 0.15) is 52.3 Å². The van der Waals surface area contributed by atoms with E-state index in [-0.39, 0.29) is 0 Å². The van der Waals surface area contributed by atoms with Crippen molar-refractivity contribution in [3.8, 4) is 11.5 Å². The SMILES string of the molecule is CC.CC.CCC=O.CNc1ccnc(C)c1.COc1ccc(OC)c(C)c1.CSc1ccccc1. The molecule has 202 valence electrons. The van der Waals surface area contributed by atoms with Gasteiger partial charge in [0.15, 0.2) is 0 Å². The highest BCUT2D eigenvalue weighted by Crippen LogP contribution is 2.22. The van der Waals surface area contributed by atoms with E-state index < -0.39 is 0 Å². The molecule has 3 rings (SSSR count). The Labute approximate surface area is 225 Å². The lowest BCUT2D eigenvalue weighted by Gasteiger charge is -2.05. The van der Waals surface area contributed by atoms with E-state index in [4.69, 9.17) is 9.47 Å². The number of hydrogen-bond acceptors (Lipinski definition) is 6. The molecule has 0 fully saturated rings. The molecule has 0 saturated carbocycles. The zero-order chi connectivity index (χ0) is 28.2. The van der Waals surface area contributed by atoms with Gasteiger partial charge < -0.3 is 19.6 Å². The zero-order valence-corrected chi connectivity index (χ0v) is 25.0. The summed E-state index contributed by atoms with van der Waals surface area (Å²) < 4.78 is 10.1. The fourth-order valence-electron chi connectivity index (χ4n) is 2.24. The summed E-state index contributed by atoms with van der Waals surface area (Å²) in [5.41, 5.74) is 3.25. The van der Waals surface area contributed by atoms with Gasteiger partial charge >= 0.3 is 0 Å². The summed E-state index contributed by atoms with van der Waals surface area (Å²) >= 11 is 1.77. The molecule has 6 heteroatoms. The Morgan fingerprint density at radius 3 is 1.83 bits per heavy atom. The number of carbonyl (C=O) groups is 1. The smallest absolute Gasteiger partial charge is 0.122 e. The number of nitrogens with zero attached hydrogens (tertiary/aromatic N) is 1. The summed E-state index contributed by atoms with van der Waals surface area (Å²) in [5.74, 6) is 1.76. The van der Waals surface area contributed by atoms with E-state index in [1.807, 2.05) is 104 Å². The third kappa shape index (κ3) is 20.4. The minimum Gasteiger partial charge on any atom is -0.497 e. The molecule has 0 unspecified atom stereocenters. The molecule has 5 nitrogen and oxygen atoms in total.